The normalized spacial score (nSPS) is 18.0. The molecule has 42 heavy (non-hydrogen) atoms. The van der Waals surface area contributed by atoms with Crippen LogP contribution >= 0.6 is 11.8 Å². The Morgan fingerprint density at radius 1 is 0.976 bits per heavy atom. The van der Waals surface area contributed by atoms with Crippen molar-refractivity contribution in [1.82, 2.24) is 4.98 Å². The topological polar surface area (TPSA) is 57.7 Å². The van der Waals surface area contributed by atoms with E-state index in [0.29, 0.717) is 0 Å². The van der Waals surface area contributed by atoms with Gasteiger partial charge in [-0.15, -0.1) is 0 Å². The van der Waals surface area contributed by atoms with Crippen molar-refractivity contribution in [3.05, 3.63) is 78.0 Å². The maximum Gasteiger partial charge on any atom is 0.311 e. The second-order valence-electron chi connectivity index (χ2n) is 13.6. The molecule has 0 aliphatic heterocycles. The Balaban J connectivity index is 1.80. The average molecular weight is 604 g/mol. The largest absolute Gasteiger partial charge is 0.497 e. The zero-order valence-corrected chi connectivity index (χ0v) is 28.5. The molecule has 224 valence electrons. The van der Waals surface area contributed by atoms with E-state index in [1.165, 1.54) is 0 Å². The molecule has 2 atom stereocenters. The molecular weight excluding hydrogens is 559 g/mol. The monoisotopic (exact) mass is 603 g/mol. The summed E-state index contributed by atoms with van der Waals surface area (Å²) in [5.41, 5.74) is 3.33. The van der Waals surface area contributed by atoms with Gasteiger partial charge in [0.2, 0.25) is 0 Å². The van der Waals surface area contributed by atoms with Crippen LogP contribution in [0.3, 0.4) is 0 Å². The first-order valence-electron chi connectivity index (χ1n) is 14.6. The molecule has 0 radical (unpaired) electrons. The van der Waals surface area contributed by atoms with E-state index >= 15 is 0 Å². The van der Waals surface area contributed by atoms with Crippen LogP contribution in [0.2, 0.25) is 18.1 Å². The highest BCUT2D eigenvalue weighted by Gasteiger charge is 2.41. The van der Waals surface area contributed by atoms with Crippen molar-refractivity contribution in [2.75, 3.05) is 13.7 Å². The Bertz CT molecular complexity index is 1500. The van der Waals surface area contributed by atoms with Crippen molar-refractivity contribution < 1.29 is 18.7 Å². The number of carbonyl (C=O) groups is 1. The van der Waals surface area contributed by atoms with Gasteiger partial charge in [0.15, 0.2) is 8.32 Å². The van der Waals surface area contributed by atoms with Crippen LogP contribution in [0.25, 0.3) is 16.5 Å². The van der Waals surface area contributed by atoms with Crippen LogP contribution in [0, 0.1) is 11.3 Å². The summed E-state index contributed by atoms with van der Waals surface area (Å²) < 4.78 is 18.4. The molecular formula is C35H45NO4SSi. The summed E-state index contributed by atoms with van der Waals surface area (Å²) in [6.07, 6.45) is 4.11. The summed E-state index contributed by atoms with van der Waals surface area (Å²) in [7, 11) is -0.489. The van der Waals surface area contributed by atoms with E-state index in [0.717, 1.165) is 43.3 Å². The van der Waals surface area contributed by atoms with E-state index in [4.69, 9.17) is 18.9 Å². The molecule has 0 amide bonds. The highest BCUT2D eigenvalue weighted by molar-refractivity contribution is 7.99. The lowest BCUT2D eigenvalue weighted by atomic mass is 9.87. The van der Waals surface area contributed by atoms with Crippen LogP contribution in [-0.2, 0) is 14.0 Å². The van der Waals surface area contributed by atoms with Crippen molar-refractivity contribution >= 4 is 42.5 Å². The first-order chi connectivity index (χ1) is 19.6. The second-order valence-corrected chi connectivity index (χ2v) is 19.5. The van der Waals surface area contributed by atoms with E-state index in [1.807, 2.05) is 39.0 Å². The fourth-order valence-corrected chi connectivity index (χ4v) is 6.60. The molecule has 0 N–H and O–H groups in total. The molecule has 1 aliphatic rings. The molecule has 1 aliphatic carbocycles. The molecule has 7 heteroatoms. The second kappa shape index (κ2) is 12.4. The highest BCUT2D eigenvalue weighted by atomic mass is 32.2. The van der Waals surface area contributed by atoms with Gasteiger partial charge in [-0.2, -0.15) is 0 Å². The lowest BCUT2D eigenvalue weighted by Gasteiger charge is -2.40. The van der Waals surface area contributed by atoms with Crippen LogP contribution in [0.5, 0.6) is 5.75 Å². The minimum atomic E-state index is -2.18. The number of hydrogen-bond acceptors (Lipinski definition) is 6. The SMILES string of the molecule is COc1ccc2nc(C3=CC(C)C(COC(=O)C(C)(C)C)=CC3O[Si](C)(C)C(C)(C)C)cc(Sc3ccccc3)c2c1. The minimum Gasteiger partial charge on any atom is -0.497 e. The average Bonchev–Trinajstić information content (AvgIpc) is 2.91. The molecule has 2 aromatic carbocycles. The van der Waals surface area contributed by atoms with Gasteiger partial charge in [-0.1, -0.05) is 63.7 Å². The Kier molecular flexibility index (Phi) is 9.45. The quantitative estimate of drug-likeness (QED) is 0.145. The fourth-order valence-electron chi connectivity index (χ4n) is 4.42. The summed E-state index contributed by atoms with van der Waals surface area (Å²) in [6.45, 7) is 19.3. The molecule has 0 fully saturated rings. The van der Waals surface area contributed by atoms with E-state index < -0.39 is 13.7 Å². The lowest BCUT2D eigenvalue weighted by molar-refractivity contribution is -0.152. The summed E-state index contributed by atoms with van der Waals surface area (Å²) in [4.78, 5) is 20.0. The van der Waals surface area contributed by atoms with Crippen LogP contribution in [0.1, 0.15) is 54.2 Å². The zero-order chi connectivity index (χ0) is 30.9. The predicted molar refractivity (Wildman–Crippen MR) is 177 cm³/mol. The van der Waals surface area contributed by atoms with Gasteiger partial charge in [0.25, 0.3) is 0 Å². The zero-order valence-electron chi connectivity index (χ0n) is 26.7. The summed E-state index contributed by atoms with van der Waals surface area (Å²) >= 11 is 1.72. The van der Waals surface area contributed by atoms with E-state index in [-0.39, 0.29) is 29.6 Å². The number of hydrogen-bond donors (Lipinski definition) is 0. The Morgan fingerprint density at radius 2 is 1.67 bits per heavy atom. The molecule has 0 spiro atoms. The number of nitrogens with zero attached hydrogens (tertiary/aromatic N) is 1. The predicted octanol–water partition coefficient (Wildman–Crippen LogP) is 9.33. The van der Waals surface area contributed by atoms with Crippen LogP contribution in [0.4, 0.5) is 0 Å². The van der Waals surface area contributed by atoms with E-state index in [1.54, 1.807) is 18.9 Å². The number of rotatable bonds is 8. The third-order valence-corrected chi connectivity index (χ3v) is 13.7. The number of esters is 1. The van der Waals surface area contributed by atoms with Crippen molar-refractivity contribution in [3.63, 3.8) is 0 Å². The molecule has 0 saturated heterocycles. The van der Waals surface area contributed by atoms with Gasteiger partial charge in [0.05, 0.1) is 29.8 Å². The minimum absolute atomic E-state index is 0.0234. The molecule has 3 aromatic rings. The molecule has 0 bridgehead atoms. The van der Waals surface area contributed by atoms with Gasteiger partial charge >= 0.3 is 5.97 Å². The van der Waals surface area contributed by atoms with Gasteiger partial charge < -0.3 is 13.9 Å². The maximum absolute atomic E-state index is 12.6. The number of ether oxygens (including phenoxy) is 2. The van der Waals surface area contributed by atoms with E-state index in [9.17, 15) is 4.79 Å². The van der Waals surface area contributed by atoms with Crippen molar-refractivity contribution in [2.24, 2.45) is 11.3 Å². The van der Waals surface area contributed by atoms with Crippen molar-refractivity contribution in [1.29, 1.82) is 0 Å². The van der Waals surface area contributed by atoms with Gasteiger partial charge in [-0.05, 0) is 92.9 Å². The third-order valence-electron chi connectivity index (χ3n) is 8.14. The van der Waals surface area contributed by atoms with Gasteiger partial charge in [-0.25, -0.2) is 4.98 Å². The Labute approximate surface area is 256 Å². The maximum atomic E-state index is 12.6. The fraction of sp³-hybridized carbons (Fsp3) is 0.429. The summed E-state index contributed by atoms with van der Waals surface area (Å²) in [5.74, 6) is 0.654. The van der Waals surface area contributed by atoms with E-state index in [2.05, 4.69) is 89.3 Å². The molecule has 5 nitrogen and oxygen atoms in total. The lowest BCUT2D eigenvalue weighted by Crippen LogP contribution is -2.44. The molecule has 1 heterocycles. The molecule has 0 saturated carbocycles. The first kappa shape index (κ1) is 32.0. The number of carbonyl (C=O) groups excluding carboxylic acids is 1. The first-order valence-corrected chi connectivity index (χ1v) is 18.3. The van der Waals surface area contributed by atoms with Gasteiger partial charge in [-0.3, -0.25) is 4.79 Å². The molecule has 4 rings (SSSR count). The smallest absolute Gasteiger partial charge is 0.311 e. The summed E-state index contributed by atoms with van der Waals surface area (Å²) in [5, 5.41) is 1.07. The number of allylic oxidation sites excluding steroid dienone is 1. The number of pyridine rings is 1. The van der Waals surface area contributed by atoms with Gasteiger partial charge in [0, 0.05) is 20.8 Å². The highest BCUT2D eigenvalue weighted by Crippen LogP contribution is 2.43. The number of fused-ring (bicyclic) bond motifs is 1. The van der Waals surface area contributed by atoms with Crippen molar-refractivity contribution in [3.8, 4) is 5.75 Å². The third kappa shape index (κ3) is 7.36. The number of methoxy groups -OCH3 is 1. The number of benzene rings is 2. The van der Waals surface area contributed by atoms with Crippen LogP contribution in [-0.4, -0.2) is 39.1 Å². The van der Waals surface area contributed by atoms with Crippen LogP contribution < -0.4 is 4.74 Å². The standard InChI is InChI=1S/C35H45NO4SSi/c1-23-18-27(31(40-42(9,10)35(5,6)7)19-24(23)22-39-33(37)34(2,3)4)30-21-32(41-26-14-12-11-13-15-26)28-20-25(38-8)16-17-29(28)36-30/h11-21,23,31H,22H2,1-10H3. The Morgan fingerprint density at radius 3 is 2.29 bits per heavy atom. The molecule has 1 aromatic heterocycles. The summed E-state index contributed by atoms with van der Waals surface area (Å²) in [6, 6.07) is 18.6. The number of aromatic nitrogens is 1. The molecule has 2 unspecified atom stereocenters. The Hall–Kier alpha value is -2.87. The van der Waals surface area contributed by atoms with Crippen LogP contribution in [0.15, 0.2) is 82.1 Å². The van der Waals surface area contributed by atoms with Gasteiger partial charge in [0.1, 0.15) is 12.4 Å². The van der Waals surface area contributed by atoms with Crippen molar-refractivity contribution in [2.45, 2.75) is 82.5 Å².